The first-order valence-electron chi connectivity index (χ1n) is 11.4. The second-order valence-electron chi connectivity index (χ2n) is 8.47. The molecule has 0 aliphatic rings. The number of hydrogen-bond donors (Lipinski definition) is 0. The van der Waals surface area contributed by atoms with Gasteiger partial charge in [0.2, 0.25) is 5.69 Å². The molecule has 3 aromatic carbocycles. The summed E-state index contributed by atoms with van der Waals surface area (Å²) in [7, 11) is 2.97. The standard InChI is InChI=1S/C27H23F3N4O4/c1-32(16-18-6-4-3-5-7-18)24(35)23-25(36)33(17-19-8-10-20(11-9-19)27(28,29)30)26(37)34(31-23)21-12-14-22(38-2)15-13-21/h3-15H,16-17H2,1-2H3. The summed E-state index contributed by atoms with van der Waals surface area (Å²) in [6.07, 6.45) is -4.53. The quantitative estimate of drug-likeness (QED) is 0.368. The van der Waals surface area contributed by atoms with Gasteiger partial charge in [-0.1, -0.05) is 42.5 Å². The number of halogens is 3. The largest absolute Gasteiger partial charge is 0.497 e. The monoisotopic (exact) mass is 524 g/mol. The van der Waals surface area contributed by atoms with E-state index < -0.39 is 34.6 Å². The molecule has 0 aliphatic heterocycles. The molecule has 1 aromatic heterocycles. The van der Waals surface area contributed by atoms with E-state index in [9.17, 15) is 27.6 Å². The van der Waals surface area contributed by atoms with Crippen molar-refractivity contribution < 1.29 is 22.7 Å². The van der Waals surface area contributed by atoms with Gasteiger partial charge in [0.25, 0.3) is 11.5 Å². The Hall–Kier alpha value is -4.67. The lowest BCUT2D eigenvalue weighted by Crippen LogP contribution is -2.46. The van der Waals surface area contributed by atoms with Crippen LogP contribution in [0, 0.1) is 0 Å². The maximum atomic E-state index is 13.3. The van der Waals surface area contributed by atoms with Crippen LogP contribution in [0.4, 0.5) is 13.2 Å². The van der Waals surface area contributed by atoms with Gasteiger partial charge in [-0.3, -0.25) is 14.2 Å². The van der Waals surface area contributed by atoms with Crippen LogP contribution in [0.2, 0.25) is 0 Å². The normalized spacial score (nSPS) is 11.3. The molecule has 4 rings (SSSR count). The molecule has 0 fully saturated rings. The number of carbonyl (C=O) groups excluding carboxylic acids is 1. The summed E-state index contributed by atoms with van der Waals surface area (Å²) < 4.78 is 45.8. The van der Waals surface area contributed by atoms with E-state index in [2.05, 4.69) is 5.10 Å². The molecule has 0 bridgehead atoms. The number of hydrogen-bond acceptors (Lipinski definition) is 5. The molecule has 0 aliphatic carbocycles. The molecule has 0 N–H and O–H groups in total. The molecule has 1 amide bonds. The summed E-state index contributed by atoms with van der Waals surface area (Å²) in [6, 6.07) is 19.4. The first-order valence-corrected chi connectivity index (χ1v) is 11.4. The summed E-state index contributed by atoms with van der Waals surface area (Å²) in [6.45, 7) is -0.182. The predicted molar refractivity (Wildman–Crippen MR) is 133 cm³/mol. The fourth-order valence-corrected chi connectivity index (χ4v) is 3.77. The number of benzene rings is 3. The highest BCUT2D eigenvalue weighted by Crippen LogP contribution is 2.29. The molecule has 11 heteroatoms. The van der Waals surface area contributed by atoms with E-state index in [4.69, 9.17) is 4.74 Å². The second kappa shape index (κ2) is 10.8. The van der Waals surface area contributed by atoms with Crippen molar-refractivity contribution in [3.8, 4) is 11.4 Å². The van der Waals surface area contributed by atoms with Crippen molar-refractivity contribution in [2.75, 3.05) is 14.2 Å². The fraction of sp³-hybridized carbons (Fsp3) is 0.185. The Morgan fingerprint density at radius 2 is 1.55 bits per heavy atom. The summed E-state index contributed by atoms with van der Waals surface area (Å²) in [5.41, 5.74) is -1.84. The van der Waals surface area contributed by atoms with Crippen LogP contribution in [0.1, 0.15) is 27.2 Å². The molecule has 0 atom stereocenters. The Labute approximate surface area is 215 Å². The van der Waals surface area contributed by atoms with E-state index in [0.717, 1.165) is 26.9 Å². The minimum Gasteiger partial charge on any atom is -0.497 e. The molecule has 8 nitrogen and oxygen atoms in total. The van der Waals surface area contributed by atoms with Crippen LogP contribution in [-0.4, -0.2) is 39.3 Å². The molecule has 0 radical (unpaired) electrons. The van der Waals surface area contributed by atoms with Crippen molar-refractivity contribution in [3.05, 3.63) is 122 Å². The minimum atomic E-state index is -4.53. The summed E-state index contributed by atoms with van der Waals surface area (Å²) in [5.74, 6) is -0.207. The highest BCUT2D eigenvalue weighted by atomic mass is 19.4. The van der Waals surface area contributed by atoms with Gasteiger partial charge in [0.15, 0.2) is 0 Å². The molecule has 0 saturated heterocycles. The van der Waals surface area contributed by atoms with Crippen LogP contribution in [0.3, 0.4) is 0 Å². The van der Waals surface area contributed by atoms with E-state index in [1.807, 2.05) is 30.3 Å². The molecule has 0 spiro atoms. The SMILES string of the molecule is COc1ccc(-n2nc(C(=O)N(C)Cc3ccccc3)c(=O)n(Cc3ccc(C(F)(F)F)cc3)c2=O)cc1. The Kier molecular flexibility index (Phi) is 7.47. The van der Waals surface area contributed by atoms with Gasteiger partial charge in [-0.25, -0.2) is 4.79 Å². The van der Waals surface area contributed by atoms with E-state index in [0.29, 0.717) is 5.75 Å². The zero-order valence-electron chi connectivity index (χ0n) is 20.5. The Balaban J connectivity index is 1.79. The topological polar surface area (TPSA) is 86.4 Å². The van der Waals surface area contributed by atoms with Crippen LogP contribution >= 0.6 is 0 Å². The lowest BCUT2D eigenvalue weighted by atomic mass is 10.1. The summed E-state index contributed by atoms with van der Waals surface area (Å²) >= 11 is 0. The summed E-state index contributed by atoms with van der Waals surface area (Å²) in [4.78, 5) is 41.3. The predicted octanol–water partition coefficient (Wildman–Crippen LogP) is 3.74. The number of rotatable bonds is 7. The number of aromatic nitrogens is 3. The molecule has 0 saturated carbocycles. The fourth-order valence-electron chi connectivity index (χ4n) is 3.77. The van der Waals surface area contributed by atoms with E-state index in [1.54, 1.807) is 12.1 Å². The van der Waals surface area contributed by atoms with Crippen LogP contribution in [0.15, 0.2) is 88.5 Å². The zero-order chi connectivity index (χ0) is 27.4. The third-order valence-corrected chi connectivity index (χ3v) is 5.81. The van der Waals surface area contributed by atoms with Crippen molar-refractivity contribution in [3.63, 3.8) is 0 Å². The smallest absolute Gasteiger partial charge is 0.416 e. The highest BCUT2D eigenvalue weighted by molar-refractivity contribution is 5.91. The van der Waals surface area contributed by atoms with Gasteiger partial charge < -0.3 is 9.64 Å². The molecule has 38 heavy (non-hydrogen) atoms. The molecule has 0 unspecified atom stereocenters. The van der Waals surface area contributed by atoms with E-state index in [-0.39, 0.29) is 24.3 Å². The number of methoxy groups -OCH3 is 1. The van der Waals surface area contributed by atoms with Crippen molar-refractivity contribution in [2.24, 2.45) is 0 Å². The lowest BCUT2D eigenvalue weighted by Gasteiger charge is -2.18. The second-order valence-corrected chi connectivity index (χ2v) is 8.47. The third kappa shape index (κ3) is 5.66. The van der Waals surface area contributed by atoms with E-state index >= 15 is 0 Å². The maximum absolute atomic E-state index is 13.3. The van der Waals surface area contributed by atoms with Crippen molar-refractivity contribution in [2.45, 2.75) is 19.3 Å². The van der Waals surface area contributed by atoms with Crippen LogP contribution in [0.25, 0.3) is 5.69 Å². The lowest BCUT2D eigenvalue weighted by molar-refractivity contribution is -0.137. The number of alkyl halides is 3. The Morgan fingerprint density at radius 1 is 0.921 bits per heavy atom. The number of nitrogens with zero attached hydrogens (tertiary/aromatic N) is 4. The zero-order valence-corrected chi connectivity index (χ0v) is 20.5. The van der Waals surface area contributed by atoms with Gasteiger partial charge in [-0.2, -0.15) is 23.0 Å². The maximum Gasteiger partial charge on any atom is 0.416 e. The van der Waals surface area contributed by atoms with Gasteiger partial charge >= 0.3 is 11.9 Å². The van der Waals surface area contributed by atoms with Gasteiger partial charge in [-0.15, -0.1) is 0 Å². The van der Waals surface area contributed by atoms with Gasteiger partial charge in [0.05, 0.1) is 24.9 Å². The molecular weight excluding hydrogens is 501 g/mol. The average molecular weight is 524 g/mol. The van der Waals surface area contributed by atoms with Crippen LogP contribution < -0.4 is 16.0 Å². The van der Waals surface area contributed by atoms with Crippen molar-refractivity contribution in [1.29, 1.82) is 0 Å². The summed E-state index contributed by atoms with van der Waals surface area (Å²) in [5, 5.41) is 4.10. The van der Waals surface area contributed by atoms with E-state index in [1.165, 1.54) is 43.3 Å². The Bertz CT molecular complexity index is 1550. The first-order chi connectivity index (χ1) is 18.1. The van der Waals surface area contributed by atoms with Crippen LogP contribution in [-0.2, 0) is 19.3 Å². The number of carbonyl (C=O) groups is 1. The molecule has 1 heterocycles. The number of amides is 1. The minimum absolute atomic E-state index is 0.182. The van der Waals surface area contributed by atoms with Crippen molar-refractivity contribution in [1.82, 2.24) is 19.2 Å². The average Bonchev–Trinajstić information content (AvgIpc) is 2.91. The van der Waals surface area contributed by atoms with Gasteiger partial charge in [0, 0.05) is 13.6 Å². The van der Waals surface area contributed by atoms with Gasteiger partial charge in [-0.05, 0) is 47.5 Å². The van der Waals surface area contributed by atoms with Gasteiger partial charge in [0.1, 0.15) is 5.75 Å². The van der Waals surface area contributed by atoms with Crippen LogP contribution in [0.5, 0.6) is 5.75 Å². The molecular formula is C27H23F3N4O4. The molecule has 4 aromatic rings. The third-order valence-electron chi connectivity index (χ3n) is 5.81. The van der Waals surface area contributed by atoms with Crippen molar-refractivity contribution >= 4 is 5.91 Å². The first kappa shape index (κ1) is 26.4. The highest BCUT2D eigenvalue weighted by Gasteiger charge is 2.30. The number of ether oxygens (including phenoxy) is 1. The Morgan fingerprint density at radius 3 is 2.13 bits per heavy atom. The molecule has 196 valence electrons.